The Morgan fingerprint density at radius 1 is 1.19 bits per heavy atom. The molecule has 1 rings (SSSR count). The van der Waals surface area contributed by atoms with Gasteiger partial charge in [0.05, 0.1) is 12.5 Å². The predicted molar refractivity (Wildman–Crippen MR) is 79.2 cm³/mol. The van der Waals surface area contributed by atoms with Gasteiger partial charge < -0.3 is 10.2 Å². The molecular weight excluding hydrogens is 294 g/mol. The number of carboxylic acids is 2. The Hall–Kier alpha value is -1.99. The Morgan fingerprint density at radius 3 is 2.33 bits per heavy atom. The summed E-state index contributed by atoms with van der Waals surface area (Å²) in [5.74, 6) is -3.21. The first-order valence-electron chi connectivity index (χ1n) is 6.38. The summed E-state index contributed by atoms with van der Waals surface area (Å²) in [5.41, 5.74) is 0.902. The van der Waals surface area contributed by atoms with Gasteiger partial charge in [-0.25, -0.2) is 5.06 Å². The molecule has 6 nitrogen and oxygen atoms in total. The molecule has 1 aromatic carbocycles. The molecule has 3 N–H and O–H groups in total. The number of aliphatic carboxylic acids is 2. The quantitative estimate of drug-likeness (QED) is 0.497. The van der Waals surface area contributed by atoms with Crippen LogP contribution in [0, 0.1) is 5.92 Å². The zero-order valence-corrected chi connectivity index (χ0v) is 12.1. The zero-order valence-electron chi connectivity index (χ0n) is 11.3. The van der Waals surface area contributed by atoms with Gasteiger partial charge in [0.15, 0.2) is 0 Å². The number of thiocarbonyl (C=S) groups is 1. The maximum atomic E-state index is 11.1. The maximum Gasteiger partial charge on any atom is 0.308 e. The number of carbonyl (C=O) groups is 2. The van der Waals surface area contributed by atoms with Crippen LogP contribution in [0.2, 0.25) is 0 Å². The monoisotopic (exact) mass is 311 g/mol. The minimum Gasteiger partial charge on any atom is -0.481 e. The standard InChI is InChI=1S/C14H17NO5S/c16-13(17)7-6-11(14(18)19)9-15(20)12(21)8-10-4-2-1-3-5-10/h1-5,11,20H,6-9H2,(H,16,17)(H,18,19). The summed E-state index contributed by atoms with van der Waals surface area (Å²) >= 11 is 5.07. The van der Waals surface area contributed by atoms with Gasteiger partial charge in [0.1, 0.15) is 4.99 Å². The summed E-state index contributed by atoms with van der Waals surface area (Å²) in [6.07, 6.45) is -0.0100. The molecule has 0 fully saturated rings. The molecule has 114 valence electrons. The van der Waals surface area contributed by atoms with Crippen molar-refractivity contribution >= 4 is 29.1 Å². The molecule has 0 saturated heterocycles. The second kappa shape index (κ2) is 8.33. The molecule has 1 aromatic rings. The lowest BCUT2D eigenvalue weighted by atomic mass is 10.0. The summed E-state index contributed by atoms with van der Waals surface area (Å²) < 4.78 is 0. The van der Waals surface area contributed by atoms with Crippen LogP contribution in [0.3, 0.4) is 0 Å². The number of carboxylic acid groups (broad SMARTS) is 2. The maximum absolute atomic E-state index is 11.1. The van der Waals surface area contributed by atoms with Crippen molar-refractivity contribution in [1.29, 1.82) is 0 Å². The first kappa shape index (κ1) is 17.1. The first-order valence-corrected chi connectivity index (χ1v) is 6.78. The lowest BCUT2D eigenvalue weighted by Crippen LogP contribution is -2.35. The van der Waals surface area contributed by atoms with Crippen LogP contribution in [0.25, 0.3) is 0 Å². The third-order valence-electron chi connectivity index (χ3n) is 2.94. The number of hydrogen-bond acceptors (Lipinski definition) is 4. The Bertz CT molecular complexity index is 505. The van der Waals surface area contributed by atoms with E-state index in [0.717, 1.165) is 5.56 Å². The van der Waals surface area contributed by atoms with Crippen LogP contribution < -0.4 is 0 Å². The molecule has 0 aliphatic heterocycles. The van der Waals surface area contributed by atoms with Gasteiger partial charge in [0.25, 0.3) is 0 Å². The van der Waals surface area contributed by atoms with Gasteiger partial charge in [-0.3, -0.25) is 14.8 Å². The molecule has 0 spiro atoms. The van der Waals surface area contributed by atoms with Crippen molar-refractivity contribution < 1.29 is 25.0 Å². The van der Waals surface area contributed by atoms with Gasteiger partial charge in [-0.05, 0) is 12.0 Å². The first-order chi connectivity index (χ1) is 9.90. The molecular formula is C14H17NO5S. The highest BCUT2D eigenvalue weighted by molar-refractivity contribution is 7.80. The molecule has 0 amide bonds. The Labute approximate surface area is 127 Å². The van der Waals surface area contributed by atoms with Crippen molar-refractivity contribution in [3.8, 4) is 0 Å². The topological polar surface area (TPSA) is 98.1 Å². The van der Waals surface area contributed by atoms with Crippen LogP contribution in [-0.2, 0) is 16.0 Å². The largest absolute Gasteiger partial charge is 0.481 e. The highest BCUT2D eigenvalue weighted by Gasteiger charge is 2.22. The lowest BCUT2D eigenvalue weighted by molar-refractivity contribution is -0.146. The summed E-state index contributed by atoms with van der Waals surface area (Å²) in [6.45, 7) is -0.228. The highest BCUT2D eigenvalue weighted by Crippen LogP contribution is 2.11. The summed E-state index contributed by atoms with van der Waals surface area (Å²) in [7, 11) is 0. The van der Waals surface area contributed by atoms with E-state index in [4.69, 9.17) is 22.4 Å². The molecule has 1 unspecified atom stereocenters. The second-order valence-corrected chi connectivity index (χ2v) is 5.08. The summed E-state index contributed by atoms with van der Waals surface area (Å²) in [6, 6.07) is 9.23. The van der Waals surface area contributed by atoms with Crippen LogP contribution in [0.5, 0.6) is 0 Å². The van der Waals surface area contributed by atoms with Crippen LogP contribution in [-0.4, -0.2) is 44.0 Å². The van der Waals surface area contributed by atoms with Crippen molar-refractivity contribution in [2.24, 2.45) is 5.92 Å². The molecule has 0 bridgehead atoms. The third kappa shape index (κ3) is 6.33. The molecule has 0 aliphatic rings. The van der Waals surface area contributed by atoms with E-state index in [-0.39, 0.29) is 24.4 Å². The Kier molecular flexibility index (Phi) is 6.77. The zero-order chi connectivity index (χ0) is 15.8. The molecule has 7 heteroatoms. The van der Waals surface area contributed by atoms with E-state index in [1.54, 1.807) is 0 Å². The fourth-order valence-electron chi connectivity index (χ4n) is 1.76. The predicted octanol–water partition coefficient (Wildman–Crippen LogP) is 1.81. The fraction of sp³-hybridized carbons (Fsp3) is 0.357. The van der Waals surface area contributed by atoms with E-state index < -0.39 is 17.9 Å². The van der Waals surface area contributed by atoms with E-state index in [1.807, 2.05) is 30.3 Å². The van der Waals surface area contributed by atoms with Gasteiger partial charge >= 0.3 is 11.9 Å². The van der Waals surface area contributed by atoms with Crippen molar-refractivity contribution in [2.45, 2.75) is 19.3 Å². The molecule has 0 heterocycles. The smallest absolute Gasteiger partial charge is 0.308 e. The molecule has 21 heavy (non-hydrogen) atoms. The minimum atomic E-state index is -1.15. The van der Waals surface area contributed by atoms with Crippen LogP contribution >= 0.6 is 12.2 Å². The van der Waals surface area contributed by atoms with E-state index >= 15 is 0 Å². The SMILES string of the molecule is O=C(O)CCC(CN(O)C(=S)Cc1ccccc1)C(=O)O. The average Bonchev–Trinajstić information content (AvgIpc) is 2.43. The molecule has 0 aromatic heterocycles. The number of hydroxylamine groups is 2. The molecule has 0 aliphatic carbocycles. The van der Waals surface area contributed by atoms with E-state index in [2.05, 4.69) is 0 Å². The molecule has 1 atom stereocenters. The van der Waals surface area contributed by atoms with E-state index in [9.17, 15) is 14.8 Å². The number of rotatable bonds is 8. The summed E-state index contributed by atoms with van der Waals surface area (Å²) in [4.78, 5) is 21.7. The van der Waals surface area contributed by atoms with Gasteiger partial charge in [0.2, 0.25) is 0 Å². The number of benzene rings is 1. The van der Waals surface area contributed by atoms with Crippen molar-refractivity contribution in [3.63, 3.8) is 0 Å². The number of nitrogens with zero attached hydrogens (tertiary/aromatic N) is 1. The third-order valence-corrected chi connectivity index (χ3v) is 3.29. The lowest BCUT2D eigenvalue weighted by Gasteiger charge is -2.21. The van der Waals surface area contributed by atoms with Crippen molar-refractivity contribution in [1.82, 2.24) is 5.06 Å². The Morgan fingerprint density at radius 2 is 1.81 bits per heavy atom. The second-order valence-electron chi connectivity index (χ2n) is 4.61. The summed E-state index contributed by atoms with van der Waals surface area (Å²) in [5, 5.41) is 28.2. The number of hydrogen-bond donors (Lipinski definition) is 3. The molecule has 0 saturated carbocycles. The van der Waals surface area contributed by atoms with Gasteiger partial charge in [-0.2, -0.15) is 0 Å². The normalized spacial score (nSPS) is 11.7. The van der Waals surface area contributed by atoms with Crippen LogP contribution in [0.4, 0.5) is 0 Å². The van der Waals surface area contributed by atoms with Gasteiger partial charge in [0, 0.05) is 12.8 Å². The molecule has 0 radical (unpaired) electrons. The average molecular weight is 311 g/mol. The van der Waals surface area contributed by atoms with Crippen LogP contribution in [0.15, 0.2) is 30.3 Å². The van der Waals surface area contributed by atoms with Crippen molar-refractivity contribution in [3.05, 3.63) is 35.9 Å². The fourth-order valence-corrected chi connectivity index (χ4v) is 2.00. The van der Waals surface area contributed by atoms with Gasteiger partial charge in [-0.1, -0.05) is 42.5 Å². The van der Waals surface area contributed by atoms with Crippen LogP contribution in [0.1, 0.15) is 18.4 Å². The van der Waals surface area contributed by atoms with Gasteiger partial charge in [-0.15, -0.1) is 0 Å². The minimum absolute atomic E-state index is 0.0598. The van der Waals surface area contributed by atoms with E-state index in [0.29, 0.717) is 11.5 Å². The highest BCUT2D eigenvalue weighted by atomic mass is 32.1. The van der Waals surface area contributed by atoms with Crippen molar-refractivity contribution in [2.75, 3.05) is 6.54 Å². The van der Waals surface area contributed by atoms with E-state index in [1.165, 1.54) is 0 Å². The Balaban J connectivity index is 2.55.